The molecular weight excluding hydrogens is 322 g/mol. The lowest BCUT2D eigenvalue weighted by Crippen LogP contribution is -2.79. The molecular formula is C19H27NO5. The van der Waals surface area contributed by atoms with Crippen molar-refractivity contribution in [2.45, 2.75) is 57.3 Å². The maximum atomic E-state index is 13.0. The molecule has 5 rings (SSSR count). The van der Waals surface area contributed by atoms with Gasteiger partial charge in [-0.1, -0.05) is 6.92 Å². The average Bonchev–Trinajstić information content (AvgIpc) is 3.22. The van der Waals surface area contributed by atoms with E-state index in [-0.39, 0.29) is 40.8 Å². The summed E-state index contributed by atoms with van der Waals surface area (Å²) in [6.45, 7) is 5.30. The first-order valence-electron chi connectivity index (χ1n) is 9.56. The van der Waals surface area contributed by atoms with Gasteiger partial charge in [0.25, 0.3) is 0 Å². The molecule has 6 heteroatoms. The zero-order valence-electron chi connectivity index (χ0n) is 15.2. The predicted octanol–water partition coefficient (Wildman–Crippen LogP) is 0.962. The van der Waals surface area contributed by atoms with Crippen LogP contribution in [0.15, 0.2) is 0 Å². The Balaban J connectivity index is 1.69. The van der Waals surface area contributed by atoms with Gasteiger partial charge in [0.15, 0.2) is 0 Å². The lowest BCUT2D eigenvalue weighted by Gasteiger charge is -2.72. The molecule has 6 nitrogen and oxygen atoms in total. The highest BCUT2D eigenvalue weighted by Crippen LogP contribution is 2.92. The number of aliphatic hydroxyl groups excluding tert-OH is 1. The normalized spacial score (nSPS) is 55.3. The SMILES string of the molecule is COC(=O)C12C[C@@H](O)[C@H]3CCCN4C[C@@H](OC(C)=O)C1[C@]21C(C)C[C@@]341. The fourth-order valence-corrected chi connectivity index (χ4v) is 8.45. The number of carbonyl (C=O) groups is 2. The van der Waals surface area contributed by atoms with Crippen molar-refractivity contribution in [3.05, 3.63) is 0 Å². The molecule has 5 aliphatic rings. The summed E-state index contributed by atoms with van der Waals surface area (Å²) in [6, 6.07) is 0. The van der Waals surface area contributed by atoms with E-state index in [1.807, 2.05) is 0 Å². The van der Waals surface area contributed by atoms with Gasteiger partial charge in [-0.25, -0.2) is 0 Å². The number of ether oxygens (including phenoxy) is 2. The Morgan fingerprint density at radius 2 is 2.04 bits per heavy atom. The van der Waals surface area contributed by atoms with Crippen LogP contribution in [-0.2, 0) is 19.1 Å². The van der Waals surface area contributed by atoms with Crippen LogP contribution in [0.1, 0.15) is 39.5 Å². The first kappa shape index (κ1) is 16.1. The summed E-state index contributed by atoms with van der Waals surface area (Å²) < 4.78 is 11.0. The van der Waals surface area contributed by atoms with E-state index < -0.39 is 11.5 Å². The van der Waals surface area contributed by atoms with Gasteiger partial charge < -0.3 is 14.6 Å². The van der Waals surface area contributed by atoms with Gasteiger partial charge in [-0.2, -0.15) is 0 Å². The number of hydrogen-bond donors (Lipinski definition) is 1. The highest BCUT2D eigenvalue weighted by atomic mass is 16.5. The van der Waals surface area contributed by atoms with Crippen molar-refractivity contribution in [1.29, 1.82) is 0 Å². The third-order valence-electron chi connectivity index (χ3n) is 8.54. The standard InChI is InChI=1S/C19H27NO5/c1-10-7-18-12-5-4-6-20(18)9-14(25-11(2)21)15-17(8-13(12)22,16(23)24-3)19(10,15)18/h10,12-15,22H,4-9H2,1-3H3/t10?,12-,13-,14-,15?,17?,18+,19-/m1/s1. The lowest BCUT2D eigenvalue weighted by molar-refractivity contribution is -0.251. The van der Waals surface area contributed by atoms with Gasteiger partial charge in [0, 0.05) is 36.3 Å². The molecule has 8 atom stereocenters. The Hall–Kier alpha value is -1.14. The smallest absolute Gasteiger partial charge is 0.313 e. The first-order chi connectivity index (χ1) is 11.9. The van der Waals surface area contributed by atoms with Crippen molar-refractivity contribution in [2.75, 3.05) is 20.2 Å². The molecule has 3 unspecified atom stereocenters. The van der Waals surface area contributed by atoms with Crippen molar-refractivity contribution in [2.24, 2.45) is 28.6 Å². The van der Waals surface area contributed by atoms with Crippen LogP contribution in [0.3, 0.4) is 0 Å². The van der Waals surface area contributed by atoms with Crippen LogP contribution in [-0.4, -0.2) is 59.9 Å². The zero-order chi connectivity index (χ0) is 17.8. The molecule has 3 aliphatic carbocycles. The number of fused-ring (bicyclic) bond motifs is 1. The van der Waals surface area contributed by atoms with Crippen LogP contribution < -0.4 is 0 Å². The van der Waals surface area contributed by atoms with Gasteiger partial charge in [-0.05, 0) is 38.1 Å². The molecule has 0 radical (unpaired) electrons. The van der Waals surface area contributed by atoms with Gasteiger partial charge in [0.2, 0.25) is 0 Å². The summed E-state index contributed by atoms with van der Waals surface area (Å²) in [5, 5.41) is 11.0. The van der Waals surface area contributed by atoms with E-state index in [9.17, 15) is 14.7 Å². The van der Waals surface area contributed by atoms with Crippen molar-refractivity contribution in [3.63, 3.8) is 0 Å². The Morgan fingerprint density at radius 1 is 1.28 bits per heavy atom. The quantitative estimate of drug-likeness (QED) is 0.749. The maximum absolute atomic E-state index is 13.0. The number of esters is 2. The largest absolute Gasteiger partial charge is 0.469 e. The highest BCUT2D eigenvalue weighted by molar-refractivity contribution is 5.86. The third-order valence-corrected chi connectivity index (χ3v) is 8.54. The molecule has 0 aromatic heterocycles. The topological polar surface area (TPSA) is 76.1 Å². The monoisotopic (exact) mass is 349 g/mol. The number of nitrogens with zero attached hydrogens (tertiary/aromatic N) is 1. The summed E-state index contributed by atoms with van der Waals surface area (Å²) in [5.41, 5.74) is -1.00. The minimum atomic E-state index is -0.693. The Morgan fingerprint density at radius 3 is 2.68 bits per heavy atom. The summed E-state index contributed by atoms with van der Waals surface area (Å²) in [5.74, 6) is 0.0716. The second-order valence-electron chi connectivity index (χ2n) is 8.95. The maximum Gasteiger partial charge on any atom is 0.313 e. The Kier molecular flexibility index (Phi) is 2.94. The van der Waals surface area contributed by atoms with Crippen LogP contribution in [0, 0.1) is 28.6 Å². The van der Waals surface area contributed by atoms with E-state index in [2.05, 4.69) is 11.8 Å². The molecule has 0 bridgehead atoms. The number of aliphatic hydroxyl groups is 1. The van der Waals surface area contributed by atoms with Crippen LogP contribution in [0.2, 0.25) is 0 Å². The fourth-order valence-electron chi connectivity index (χ4n) is 8.45. The Bertz CT molecular complexity index is 666. The molecule has 0 aromatic carbocycles. The fraction of sp³-hybridized carbons (Fsp3) is 0.895. The van der Waals surface area contributed by atoms with Crippen LogP contribution in [0.4, 0.5) is 0 Å². The molecule has 2 spiro atoms. The number of hydrogen-bond acceptors (Lipinski definition) is 6. The van der Waals surface area contributed by atoms with Gasteiger partial charge in [-0.15, -0.1) is 0 Å². The molecule has 2 heterocycles. The van der Waals surface area contributed by atoms with Gasteiger partial charge in [-0.3, -0.25) is 14.5 Å². The van der Waals surface area contributed by atoms with Crippen LogP contribution in [0.5, 0.6) is 0 Å². The summed E-state index contributed by atoms with van der Waals surface area (Å²) in [4.78, 5) is 27.2. The number of piperidine rings is 2. The van der Waals surface area contributed by atoms with E-state index in [0.717, 1.165) is 25.8 Å². The van der Waals surface area contributed by atoms with Crippen LogP contribution in [0.25, 0.3) is 0 Å². The molecule has 25 heavy (non-hydrogen) atoms. The molecule has 3 saturated carbocycles. The summed E-state index contributed by atoms with van der Waals surface area (Å²) >= 11 is 0. The molecule has 0 amide bonds. The van der Waals surface area contributed by atoms with E-state index >= 15 is 0 Å². The van der Waals surface area contributed by atoms with Crippen molar-refractivity contribution >= 4 is 11.9 Å². The molecule has 2 saturated heterocycles. The van der Waals surface area contributed by atoms with Crippen LogP contribution >= 0.6 is 0 Å². The van der Waals surface area contributed by atoms with Gasteiger partial charge >= 0.3 is 11.9 Å². The van der Waals surface area contributed by atoms with Crippen molar-refractivity contribution in [1.82, 2.24) is 4.90 Å². The Labute approximate surface area is 147 Å². The lowest BCUT2D eigenvalue weighted by atomic mass is 9.42. The van der Waals surface area contributed by atoms with E-state index in [1.54, 1.807) is 0 Å². The van der Waals surface area contributed by atoms with E-state index in [0.29, 0.717) is 18.9 Å². The second-order valence-corrected chi connectivity index (χ2v) is 8.95. The van der Waals surface area contributed by atoms with Crippen molar-refractivity contribution < 1.29 is 24.2 Å². The van der Waals surface area contributed by atoms with E-state index in [1.165, 1.54) is 14.0 Å². The highest BCUT2D eigenvalue weighted by Gasteiger charge is 2.99. The third kappa shape index (κ3) is 1.38. The second kappa shape index (κ2) is 4.58. The molecule has 5 fully saturated rings. The number of rotatable bonds is 2. The minimum absolute atomic E-state index is 0.0194. The van der Waals surface area contributed by atoms with Gasteiger partial charge in [0.05, 0.1) is 18.6 Å². The zero-order valence-corrected chi connectivity index (χ0v) is 15.2. The van der Waals surface area contributed by atoms with E-state index in [4.69, 9.17) is 9.47 Å². The average molecular weight is 349 g/mol. The molecule has 1 N–H and O–H groups in total. The molecule has 0 aromatic rings. The molecule has 138 valence electrons. The van der Waals surface area contributed by atoms with Crippen molar-refractivity contribution in [3.8, 4) is 0 Å². The number of carbonyl (C=O) groups excluding carboxylic acids is 2. The molecule has 2 aliphatic heterocycles. The summed E-state index contributed by atoms with van der Waals surface area (Å²) in [6.07, 6.45) is 2.79. The summed E-state index contributed by atoms with van der Waals surface area (Å²) in [7, 11) is 1.44. The predicted molar refractivity (Wildman–Crippen MR) is 87.4 cm³/mol. The first-order valence-corrected chi connectivity index (χ1v) is 9.56. The van der Waals surface area contributed by atoms with Gasteiger partial charge in [0.1, 0.15) is 6.10 Å². The number of methoxy groups -OCH3 is 1. The minimum Gasteiger partial charge on any atom is -0.469 e.